The third-order valence-corrected chi connectivity index (χ3v) is 7.14. The lowest BCUT2D eigenvalue weighted by Gasteiger charge is -2.14. The van der Waals surface area contributed by atoms with Crippen LogP contribution in [0.2, 0.25) is 5.02 Å². The zero-order valence-corrected chi connectivity index (χ0v) is 22.0. The maximum atomic E-state index is 13.0. The van der Waals surface area contributed by atoms with Gasteiger partial charge in [-0.15, -0.1) is 0 Å². The first kappa shape index (κ1) is 26.8. The molecule has 0 spiro atoms. The Morgan fingerprint density at radius 2 is 1.50 bits per heavy atom. The lowest BCUT2D eigenvalue weighted by molar-refractivity contribution is -0.118. The highest BCUT2D eigenvalue weighted by Gasteiger charge is 2.21. The summed E-state index contributed by atoms with van der Waals surface area (Å²) in [5, 5.41) is 2.62. The van der Waals surface area contributed by atoms with E-state index < -0.39 is 15.9 Å². The normalized spacial score (nSPS) is 10.9. The highest BCUT2D eigenvalue weighted by Crippen LogP contribution is 2.30. The smallest absolute Gasteiger partial charge is 0.263 e. The Hall–Kier alpha value is -4.21. The molecule has 0 unspecified atom stereocenters. The number of anilines is 2. The van der Waals surface area contributed by atoms with Gasteiger partial charge in [-0.1, -0.05) is 54.1 Å². The zero-order valence-electron chi connectivity index (χ0n) is 20.4. The van der Waals surface area contributed by atoms with Crippen molar-refractivity contribution in [2.24, 2.45) is 0 Å². The van der Waals surface area contributed by atoms with Gasteiger partial charge in [0.05, 0.1) is 17.8 Å². The number of amides is 1. The number of benzene rings is 4. The van der Waals surface area contributed by atoms with Crippen molar-refractivity contribution in [1.29, 1.82) is 0 Å². The molecule has 0 saturated carbocycles. The second kappa shape index (κ2) is 12.4. The van der Waals surface area contributed by atoms with Gasteiger partial charge in [0.2, 0.25) is 0 Å². The Morgan fingerprint density at radius 1 is 0.842 bits per heavy atom. The molecule has 0 aliphatic carbocycles. The second-order valence-electron chi connectivity index (χ2n) is 8.03. The minimum Gasteiger partial charge on any atom is -0.495 e. The van der Waals surface area contributed by atoms with E-state index in [4.69, 9.17) is 25.8 Å². The van der Waals surface area contributed by atoms with Crippen molar-refractivity contribution in [2.75, 3.05) is 23.8 Å². The molecule has 38 heavy (non-hydrogen) atoms. The molecule has 4 rings (SSSR count). The molecule has 10 heteroatoms. The molecule has 2 N–H and O–H groups in total. The molecule has 0 heterocycles. The van der Waals surface area contributed by atoms with Crippen molar-refractivity contribution in [3.05, 3.63) is 108 Å². The summed E-state index contributed by atoms with van der Waals surface area (Å²) in [5.74, 6) is 1.03. The summed E-state index contributed by atoms with van der Waals surface area (Å²) in [6.07, 6.45) is 0. The van der Waals surface area contributed by atoms with Crippen LogP contribution in [0.1, 0.15) is 5.56 Å². The number of para-hydroxylation sites is 2. The van der Waals surface area contributed by atoms with Crippen molar-refractivity contribution in [1.82, 2.24) is 0 Å². The molecule has 0 aliphatic rings. The molecule has 0 atom stereocenters. The van der Waals surface area contributed by atoms with Crippen LogP contribution in [0.15, 0.2) is 102 Å². The highest BCUT2D eigenvalue weighted by molar-refractivity contribution is 7.92. The van der Waals surface area contributed by atoms with E-state index in [2.05, 4.69) is 10.0 Å². The molecule has 196 valence electrons. The summed E-state index contributed by atoms with van der Waals surface area (Å²) in [6.45, 7) is 0.158. The summed E-state index contributed by atoms with van der Waals surface area (Å²) in [4.78, 5) is 12.3. The SMILES string of the molecule is COc1ccccc1NS(=O)(=O)c1cc(NC(=O)COc2ccc(OCc3ccccc3)cc2)ccc1Cl. The number of rotatable bonds is 11. The maximum absolute atomic E-state index is 13.0. The molecule has 4 aromatic carbocycles. The Kier molecular flexibility index (Phi) is 8.73. The first-order valence-electron chi connectivity index (χ1n) is 11.5. The van der Waals surface area contributed by atoms with Crippen molar-refractivity contribution in [3.63, 3.8) is 0 Å². The highest BCUT2D eigenvalue weighted by atomic mass is 35.5. The van der Waals surface area contributed by atoms with E-state index in [1.165, 1.54) is 25.3 Å². The number of carbonyl (C=O) groups excluding carboxylic acids is 1. The number of ether oxygens (including phenoxy) is 3. The van der Waals surface area contributed by atoms with E-state index >= 15 is 0 Å². The fraction of sp³-hybridized carbons (Fsp3) is 0.107. The van der Waals surface area contributed by atoms with Crippen molar-refractivity contribution >= 4 is 38.9 Å². The van der Waals surface area contributed by atoms with Gasteiger partial charge in [0.1, 0.15) is 28.8 Å². The standard InChI is InChI=1S/C28H25ClN2O6S/c1-35-26-10-6-5-9-25(26)31-38(33,34)27-17-21(11-16-24(27)29)30-28(32)19-37-23-14-12-22(13-15-23)36-18-20-7-3-2-4-8-20/h2-17,31H,18-19H2,1H3,(H,30,32). The Morgan fingerprint density at radius 3 is 2.21 bits per heavy atom. The van der Waals surface area contributed by atoms with Gasteiger partial charge in [-0.3, -0.25) is 9.52 Å². The summed E-state index contributed by atoms with van der Waals surface area (Å²) in [5.41, 5.74) is 1.55. The van der Waals surface area contributed by atoms with E-state index in [-0.39, 0.29) is 27.9 Å². The average Bonchev–Trinajstić information content (AvgIpc) is 2.93. The molecule has 4 aromatic rings. The third-order valence-electron chi connectivity index (χ3n) is 5.30. The van der Waals surface area contributed by atoms with Gasteiger partial charge in [0.15, 0.2) is 6.61 Å². The van der Waals surface area contributed by atoms with Gasteiger partial charge < -0.3 is 19.5 Å². The van der Waals surface area contributed by atoms with Gasteiger partial charge in [-0.05, 0) is 60.2 Å². The number of halogens is 1. The minimum absolute atomic E-state index is 0.00350. The Balaban J connectivity index is 1.34. The predicted octanol–water partition coefficient (Wildman–Crippen LogP) is 5.75. The van der Waals surface area contributed by atoms with E-state index in [1.807, 2.05) is 30.3 Å². The number of methoxy groups -OCH3 is 1. The van der Waals surface area contributed by atoms with Crippen LogP contribution in [0.4, 0.5) is 11.4 Å². The largest absolute Gasteiger partial charge is 0.495 e. The summed E-state index contributed by atoms with van der Waals surface area (Å²) in [6, 6.07) is 27.4. The lowest BCUT2D eigenvalue weighted by Crippen LogP contribution is -2.20. The molecule has 8 nitrogen and oxygen atoms in total. The van der Waals surface area contributed by atoms with Gasteiger partial charge in [0, 0.05) is 5.69 Å². The Labute approximate surface area is 226 Å². The second-order valence-corrected chi connectivity index (χ2v) is 10.1. The fourth-order valence-corrected chi connectivity index (χ4v) is 5.03. The van der Waals surface area contributed by atoms with Crippen LogP contribution in [0.5, 0.6) is 17.2 Å². The van der Waals surface area contributed by atoms with Crippen LogP contribution in [-0.4, -0.2) is 28.0 Å². The van der Waals surface area contributed by atoms with Gasteiger partial charge >= 0.3 is 0 Å². The van der Waals surface area contributed by atoms with Crippen molar-refractivity contribution in [2.45, 2.75) is 11.5 Å². The van der Waals surface area contributed by atoms with E-state index in [0.29, 0.717) is 23.9 Å². The molecule has 1 amide bonds. The molecule has 0 saturated heterocycles. The molecule has 0 fully saturated rings. The molecule has 0 aromatic heterocycles. The molecule has 0 bridgehead atoms. The van der Waals surface area contributed by atoms with Crippen LogP contribution in [-0.2, 0) is 21.4 Å². The van der Waals surface area contributed by atoms with Crippen LogP contribution in [0.25, 0.3) is 0 Å². The van der Waals surface area contributed by atoms with Crippen molar-refractivity contribution < 1.29 is 27.4 Å². The fourth-order valence-electron chi connectivity index (χ4n) is 3.43. The predicted molar refractivity (Wildman–Crippen MR) is 147 cm³/mol. The summed E-state index contributed by atoms with van der Waals surface area (Å²) in [7, 11) is -2.64. The topological polar surface area (TPSA) is 103 Å². The number of hydrogen-bond donors (Lipinski definition) is 2. The monoisotopic (exact) mass is 552 g/mol. The summed E-state index contributed by atoms with van der Waals surface area (Å²) < 4.78 is 44.9. The third kappa shape index (κ3) is 7.18. The number of hydrogen-bond acceptors (Lipinski definition) is 6. The molecular formula is C28H25ClN2O6S. The van der Waals surface area contributed by atoms with E-state index in [0.717, 1.165) is 5.56 Å². The van der Waals surface area contributed by atoms with Crippen molar-refractivity contribution in [3.8, 4) is 17.2 Å². The molecule has 0 radical (unpaired) electrons. The number of carbonyl (C=O) groups is 1. The van der Waals surface area contributed by atoms with Gasteiger partial charge in [0.25, 0.3) is 15.9 Å². The van der Waals surface area contributed by atoms with Crippen LogP contribution in [0, 0.1) is 0 Å². The quantitative estimate of drug-likeness (QED) is 0.246. The number of nitrogens with one attached hydrogen (secondary N) is 2. The van der Waals surface area contributed by atoms with Crippen LogP contribution >= 0.6 is 11.6 Å². The van der Waals surface area contributed by atoms with Gasteiger partial charge in [-0.2, -0.15) is 0 Å². The lowest BCUT2D eigenvalue weighted by atomic mass is 10.2. The Bertz CT molecular complexity index is 1500. The average molecular weight is 553 g/mol. The number of sulfonamides is 1. The summed E-state index contributed by atoms with van der Waals surface area (Å²) >= 11 is 6.17. The van der Waals surface area contributed by atoms with E-state index in [1.54, 1.807) is 48.5 Å². The first-order chi connectivity index (χ1) is 18.3. The first-order valence-corrected chi connectivity index (χ1v) is 13.3. The molecular weight excluding hydrogens is 528 g/mol. The minimum atomic E-state index is -4.07. The zero-order chi connectivity index (χ0) is 27.0. The van der Waals surface area contributed by atoms with Gasteiger partial charge in [-0.25, -0.2) is 8.42 Å². The van der Waals surface area contributed by atoms with Crippen LogP contribution < -0.4 is 24.2 Å². The van der Waals surface area contributed by atoms with E-state index in [9.17, 15) is 13.2 Å². The van der Waals surface area contributed by atoms with Crippen LogP contribution in [0.3, 0.4) is 0 Å². The molecule has 0 aliphatic heterocycles. The maximum Gasteiger partial charge on any atom is 0.263 e.